The molecule has 7 heavy (non-hydrogen) atoms. The van der Waals surface area contributed by atoms with Crippen molar-refractivity contribution in [3.05, 3.63) is 0 Å². The quantitative estimate of drug-likeness (QED) is 0.369. The molecule has 0 aliphatic heterocycles. The van der Waals surface area contributed by atoms with Gasteiger partial charge in [0, 0.05) is 17.1 Å². The molecule has 0 unspecified atom stereocenters. The Labute approximate surface area is 81.7 Å². The summed E-state index contributed by atoms with van der Waals surface area (Å²) in [7, 11) is -4.67. The van der Waals surface area contributed by atoms with E-state index in [2.05, 4.69) is 0 Å². The summed E-state index contributed by atoms with van der Waals surface area (Å²) in [6.07, 6.45) is 0. The van der Waals surface area contributed by atoms with Crippen LogP contribution in [0.4, 0.5) is 0 Å². The van der Waals surface area contributed by atoms with Gasteiger partial charge in [0.15, 0.2) is 0 Å². The van der Waals surface area contributed by atoms with Gasteiger partial charge in [-0.1, -0.05) is 0 Å². The molecule has 0 bridgehead atoms. The zero-order valence-corrected chi connectivity index (χ0v) is 4.18. The summed E-state index contributed by atoms with van der Waals surface area (Å²) in [6.45, 7) is 0. The van der Waals surface area contributed by atoms with Gasteiger partial charge in [-0.15, -0.1) is 0 Å². The van der Waals surface area contributed by atoms with Crippen LogP contribution in [0.5, 0.6) is 0 Å². The molecule has 0 saturated carbocycles. The first-order valence-electron chi connectivity index (χ1n) is 0.698. The maximum atomic E-state index is 8.74. The first kappa shape index (κ1) is 15.9. The van der Waals surface area contributed by atoms with E-state index in [1.807, 2.05) is 0 Å². The molecule has 0 amide bonds. The van der Waals surface area contributed by atoms with Gasteiger partial charge < -0.3 is 0 Å². The normalized spacial score (nSPS) is 8.29. The summed E-state index contributed by atoms with van der Waals surface area (Å²) < 4.78 is 31.6. The van der Waals surface area contributed by atoms with E-state index >= 15 is 0 Å². The summed E-state index contributed by atoms with van der Waals surface area (Å²) >= 11 is 0. The largest absolute Gasteiger partial charge is 0 e. The van der Waals surface area contributed by atoms with Crippen LogP contribution in [0.1, 0.15) is 0 Å². The molecule has 7 heteroatoms. The van der Waals surface area contributed by atoms with Gasteiger partial charge in [0.1, 0.15) is 0 Å². The Morgan fingerprint density at radius 2 is 1.14 bits per heavy atom. The van der Waals surface area contributed by atoms with Gasteiger partial charge in [0.05, 0.1) is 0 Å². The first-order valence-corrected chi connectivity index (χ1v) is 2.10. The molecule has 0 aliphatic carbocycles. The van der Waals surface area contributed by atoms with Crippen LogP contribution < -0.4 is 0 Å². The zero-order valence-electron chi connectivity index (χ0n) is 2.42. The van der Waals surface area contributed by atoms with Crippen LogP contribution in [0.15, 0.2) is 0 Å². The molecule has 1 radical (unpaired) electrons. The average Bonchev–Trinajstić information content (AvgIpc) is 0.722. The predicted molar refractivity (Wildman–Crippen MR) is 22.7 cm³/mol. The van der Waals surface area contributed by atoms with Gasteiger partial charge in [0.2, 0.25) is 0 Å². The molecular weight excluding hydrogens is 200 g/mol. The van der Waals surface area contributed by atoms with Crippen molar-refractivity contribution in [2.45, 2.75) is 0 Å². The summed E-state index contributed by atoms with van der Waals surface area (Å²) in [5, 5.41) is 0. The smallest absolute Gasteiger partial charge is 0 e. The van der Waals surface area contributed by atoms with Gasteiger partial charge in [-0.25, -0.2) is 0 Å². The molecule has 0 spiro atoms. The minimum absolute atomic E-state index is 0. The van der Waals surface area contributed by atoms with Crippen molar-refractivity contribution in [2.75, 3.05) is 0 Å². The van der Waals surface area contributed by atoms with E-state index in [1.54, 1.807) is 0 Å². The first-order chi connectivity index (χ1) is 2.00. The molecule has 0 fully saturated rings. The second-order valence-electron chi connectivity index (χ2n) is 0.448. The molecule has 4 nitrogen and oxygen atoms in total. The van der Waals surface area contributed by atoms with Gasteiger partial charge in [-0.3, -0.25) is 9.11 Å². The molecule has 0 saturated heterocycles. The van der Waals surface area contributed by atoms with Crippen molar-refractivity contribution in [1.29, 1.82) is 0 Å². The third-order valence-corrected chi connectivity index (χ3v) is 0. The Kier molecular flexibility index (Phi) is 13.1. The number of hydrogen-bond acceptors (Lipinski definition) is 2. The molecule has 0 rings (SSSR count). The Bertz CT molecular complexity index is 94.9. The summed E-state index contributed by atoms with van der Waals surface area (Å²) in [5.41, 5.74) is 0. The van der Waals surface area contributed by atoms with Crippen molar-refractivity contribution in [3.8, 4) is 0 Å². The summed E-state index contributed by atoms with van der Waals surface area (Å²) in [6, 6.07) is 0. The van der Waals surface area contributed by atoms with Crippen LogP contribution in [0.2, 0.25) is 0 Å². The third-order valence-electron chi connectivity index (χ3n) is 0. The van der Waals surface area contributed by atoms with Crippen molar-refractivity contribution < 1.29 is 34.6 Å². The maximum Gasteiger partial charge on any atom is 0 e. The van der Waals surface area contributed by atoms with Crippen molar-refractivity contribution in [1.82, 2.24) is 0 Å². The van der Waals surface area contributed by atoms with Gasteiger partial charge >= 0.3 is 48.1 Å². The Balaban J connectivity index is -0.0000000800. The van der Waals surface area contributed by atoms with E-state index in [0.29, 0.717) is 0 Å². The van der Waals surface area contributed by atoms with Crippen molar-refractivity contribution in [3.63, 3.8) is 0 Å². The minimum Gasteiger partial charge on any atom is 0 e. The van der Waals surface area contributed by atoms with Crippen LogP contribution in [-0.4, -0.2) is 55.3 Å². The van der Waals surface area contributed by atoms with Crippen LogP contribution in [0.25, 0.3) is 0 Å². The fourth-order valence-corrected chi connectivity index (χ4v) is 0. The number of rotatable bonds is 0. The monoisotopic (exact) mass is 203 g/mol. The predicted octanol–water partition coefficient (Wildman–Crippen LogP) is -1.57. The molecule has 0 atom stereocenters. The number of hydrogen-bond donors (Lipinski definition) is 2. The molecule has 0 heterocycles. The van der Waals surface area contributed by atoms with E-state index < -0.39 is 10.4 Å². The van der Waals surface area contributed by atoms with Crippen LogP contribution in [-0.2, 0) is 27.5 Å². The summed E-state index contributed by atoms with van der Waals surface area (Å²) in [5.74, 6) is 0. The van der Waals surface area contributed by atoms with Gasteiger partial charge in [-0.2, -0.15) is 8.42 Å². The Morgan fingerprint density at radius 1 is 1.14 bits per heavy atom. The maximum absolute atomic E-state index is 8.74. The van der Waals surface area contributed by atoms with Gasteiger partial charge in [0.25, 0.3) is 0 Å². The SMILES string of the molecule is O=S(=O)(O)O.[CaH2].[Cu]. The van der Waals surface area contributed by atoms with Gasteiger partial charge in [-0.05, 0) is 0 Å². The Hall–Kier alpha value is 1.65. The van der Waals surface area contributed by atoms with Crippen molar-refractivity contribution >= 4 is 48.1 Å². The fourth-order valence-electron chi connectivity index (χ4n) is 0. The van der Waals surface area contributed by atoms with E-state index in [4.69, 9.17) is 17.5 Å². The van der Waals surface area contributed by atoms with E-state index in [0.717, 1.165) is 0 Å². The van der Waals surface area contributed by atoms with Crippen LogP contribution in [0.3, 0.4) is 0 Å². The second kappa shape index (κ2) is 5.78. The van der Waals surface area contributed by atoms with E-state index in [-0.39, 0.29) is 54.8 Å². The summed E-state index contributed by atoms with van der Waals surface area (Å²) in [4.78, 5) is 0. The minimum atomic E-state index is -4.67. The van der Waals surface area contributed by atoms with E-state index in [9.17, 15) is 0 Å². The molecule has 0 aromatic rings. The van der Waals surface area contributed by atoms with E-state index in [1.165, 1.54) is 0 Å². The molecule has 2 N–H and O–H groups in total. The fraction of sp³-hybridized carbons (Fsp3) is 0. The Morgan fingerprint density at radius 3 is 1.14 bits per heavy atom. The standard InChI is InChI=1S/Ca.Cu.H2O4S.2H/c;;1-5(2,3)4;;/h;;(H2,1,2,3,4);;. The van der Waals surface area contributed by atoms with Crippen LogP contribution >= 0.6 is 0 Å². The van der Waals surface area contributed by atoms with Crippen LogP contribution in [0, 0.1) is 0 Å². The average molecular weight is 204 g/mol. The molecular formula is H4CaCuO4S. The second-order valence-corrected chi connectivity index (χ2v) is 1.34. The third kappa shape index (κ3) is 89.8. The molecule has 0 aromatic heterocycles. The van der Waals surface area contributed by atoms with Crippen molar-refractivity contribution in [2.24, 2.45) is 0 Å². The zero-order chi connectivity index (χ0) is 4.50. The molecule has 0 aliphatic rings. The molecule has 47 valence electrons. The topological polar surface area (TPSA) is 74.6 Å². The molecule has 0 aromatic carbocycles.